The van der Waals surface area contributed by atoms with Gasteiger partial charge in [-0.05, 0) is 30.7 Å². The molecule has 1 amide bonds. The molecule has 0 saturated carbocycles. The van der Waals surface area contributed by atoms with E-state index >= 15 is 0 Å². The fourth-order valence-corrected chi connectivity index (χ4v) is 2.03. The van der Waals surface area contributed by atoms with Crippen molar-refractivity contribution in [3.8, 4) is 5.75 Å². The topological polar surface area (TPSA) is 118 Å². The maximum absolute atomic E-state index is 11.8. The summed E-state index contributed by atoms with van der Waals surface area (Å²) in [6.07, 6.45) is 8.16. The van der Waals surface area contributed by atoms with Gasteiger partial charge in [-0.25, -0.2) is 4.98 Å². The van der Waals surface area contributed by atoms with Gasteiger partial charge in [0.15, 0.2) is 5.69 Å². The summed E-state index contributed by atoms with van der Waals surface area (Å²) < 4.78 is 10.7. The standard InChI is InChI=1S/C17H18N2O6/c1-11-7-12(3-2-4-24-5-6-25-11)13-8-14(20)16(18-9-13)17(23)19-10-15(21)22/h2-4,7-9,20H,5-6,10H2,1H3,(H,19,23)(H,21,22)/b4-2+,11-7+,12-3+. The van der Waals surface area contributed by atoms with E-state index in [1.54, 1.807) is 25.2 Å². The SMILES string of the molecule is C\C1=C/C(c2cnc(C(=O)NCC(=O)O)c(O)c2)=C\C=C\OCCO1. The van der Waals surface area contributed by atoms with Gasteiger partial charge in [0.05, 0.1) is 12.0 Å². The number of carboxylic acids is 1. The molecule has 3 N–H and O–H groups in total. The first-order valence-electron chi connectivity index (χ1n) is 7.46. The van der Waals surface area contributed by atoms with Crippen molar-refractivity contribution in [3.05, 3.63) is 53.8 Å². The van der Waals surface area contributed by atoms with Crippen LogP contribution in [0.3, 0.4) is 0 Å². The number of hydrogen-bond donors (Lipinski definition) is 3. The Balaban J connectivity index is 2.28. The first-order valence-corrected chi connectivity index (χ1v) is 7.46. The fourth-order valence-electron chi connectivity index (χ4n) is 2.03. The molecule has 0 atom stereocenters. The van der Waals surface area contributed by atoms with Crippen LogP contribution in [0.2, 0.25) is 0 Å². The van der Waals surface area contributed by atoms with Crippen molar-refractivity contribution in [2.45, 2.75) is 6.92 Å². The van der Waals surface area contributed by atoms with Crippen molar-refractivity contribution < 1.29 is 29.3 Å². The molecule has 1 aromatic rings. The van der Waals surface area contributed by atoms with Crippen molar-refractivity contribution in [2.24, 2.45) is 0 Å². The van der Waals surface area contributed by atoms with Gasteiger partial charge in [-0.2, -0.15) is 0 Å². The lowest BCUT2D eigenvalue weighted by molar-refractivity contribution is -0.135. The second-order valence-corrected chi connectivity index (χ2v) is 5.09. The monoisotopic (exact) mass is 346 g/mol. The summed E-state index contributed by atoms with van der Waals surface area (Å²) in [7, 11) is 0. The van der Waals surface area contributed by atoms with Gasteiger partial charge < -0.3 is 25.0 Å². The Morgan fingerprint density at radius 2 is 2.16 bits per heavy atom. The fraction of sp³-hybridized carbons (Fsp3) is 0.235. The molecular weight excluding hydrogens is 328 g/mol. The highest BCUT2D eigenvalue weighted by molar-refractivity contribution is 5.96. The van der Waals surface area contributed by atoms with E-state index in [4.69, 9.17) is 14.6 Å². The van der Waals surface area contributed by atoms with E-state index in [1.165, 1.54) is 18.5 Å². The van der Waals surface area contributed by atoms with Gasteiger partial charge in [0.2, 0.25) is 0 Å². The van der Waals surface area contributed by atoms with Crippen LogP contribution in [-0.2, 0) is 14.3 Å². The number of nitrogens with one attached hydrogen (secondary N) is 1. The molecule has 0 radical (unpaired) electrons. The number of aromatic hydroxyl groups is 1. The molecular formula is C17H18N2O6. The Labute approximate surface area is 144 Å². The lowest BCUT2D eigenvalue weighted by Gasteiger charge is -2.11. The van der Waals surface area contributed by atoms with Crippen LogP contribution >= 0.6 is 0 Å². The Kier molecular flexibility index (Phi) is 6.16. The van der Waals surface area contributed by atoms with Crippen molar-refractivity contribution in [1.29, 1.82) is 0 Å². The molecule has 8 heteroatoms. The number of aliphatic carboxylic acids is 1. The van der Waals surface area contributed by atoms with Gasteiger partial charge in [-0.15, -0.1) is 0 Å². The molecule has 0 spiro atoms. The molecule has 8 nitrogen and oxygen atoms in total. The summed E-state index contributed by atoms with van der Waals surface area (Å²) >= 11 is 0. The predicted octanol–water partition coefficient (Wildman–Crippen LogP) is 1.45. The third-order valence-corrected chi connectivity index (χ3v) is 3.16. The van der Waals surface area contributed by atoms with Gasteiger partial charge in [0, 0.05) is 11.8 Å². The molecule has 0 fully saturated rings. The molecule has 1 aromatic heterocycles. The van der Waals surface area contributed by atoms with Crippen molar-refractivity contribution >= 4 is 17.4 Å². The number of aromatic nitrogens is 1. The van der Waals surface area contributed by atoms with Gasteiger partial charge in [0.25, 0.3) is 5.91 Å². The molecule has 132 valence electrons. The number of ether oxygens (including phenoxy) is 2. The Hall–Kier alpha value is -3.29. The molecule has 1 aliphatic rings. The van der Waals surface area contributed by atoms with Crippen LogP contribution in [0.1, 0.15) is 23.0 Å². The molecule has 0 unspecified atom stereocenters. The van der Waals surface area contributed by atoms with Crippen LogP contribution in [0.4, 0.5) is 0 Å². The van der Waals surface area contributed by atoms with Crippen LogP contribution < -0.4 is 5.32 Å². The largest absolute Gasteiger partial charge is 0.505 e. The number of carboxylic acid groups (broad SMARTS) is 1. The molecule has 0 bridgehead atoms. The van der Waals surface area contributed by atoms with Gasteiger partial charge in [-0.3, -0.25) is 9.59 Å². The molecule has 0 aliphatic carbocycles. The summed E-state index contributed by atoms with van der Waals surface area (Å²) in [5.74, 6) is -1.65. The van der Waals surface area contributed by atoms with E-state index in [0.717, 1.165) is 0 Å². The Morgan fingerprint density at radius 3 is 2.88 bits per heavy atom. The van der Waals surface area contributed by atoms with Crippen molar-refractivity contribution in [1.82, 2.24) is 10.3 Å². The summed E-state index contributed by atoms with van der Waals surface area (Å²) in [5.41, 5.74) is 1.00. The number of nitrogens with zero attached hydrogens (tertiary/aromatic N) is 1. The number of carbonyl (C=O) groups is 2. The lowest BCUT2D eigenvalue weighted by Crippen LogP contribution is -2.29. The number of amides is 1. The zero-order valence-corrected chi connectivity index (χ0v) is 13.6. The third-order valence-electron chi connectivity index (χ3n) is 3.16. The molecule has 2 heterocycles. The smallest absolute Gasteiger partial charge is 0.322 e. The minimum atomic E-state index is -1.19. The molecule has 2 rings (SSSR count). The molecule has 0 aromatic carbocycles. The quantitative estimate of drug-likeness (QED) is 0.755. The highest BCUT2D eigenvalue weighted by atomic mass is 16.5. The summed E-state index contributed by atoms with van der Waals surface area (Å²) in [4.78, 5) is 26.2. The molecule has 25 heavy (non-hydrogen) atoms. The zero-order valence-electron chi connectivity index (χ0n) is 13.6. The average Bonchev–Trinajstić information content (AvgIpc) is 2.58. The maximum atomic E-state index is 11.8. The summed E-state index contributed by atoms with van der Waals surface area (Å²) in [6.45, 7) is 2.08. The van der Waals surface area contributed by atoms with Gasteiger partial charge in [-0.1, -0.05) is 6.08 Å². The minimum Gasteiger partial charge on any atom is -0.505 e. The van der Waals surface area contributed by atoms with Crippen LogP contribution in [0.25, 0.3) is 5.57 Å². The number of rotatable bonds is 4. The van der Waals surface area contributed by atoms with E-state index in [1.807, 2.05) is 0 Å². The second-order valence-electron chi connectivity index (χ2n) is 5.09. The summed E-state index contributed by atoms with van der Waals surface area (Å²) in [5, 5.41) is 20.8. The first-order chi connectivity index (χ1) is 12.0. The Morgan fingerprint density at radius 1 is 1.36 bits per heavy atom. The third kappa shape index (κ3) is 5.38. The van der Waals surface area contributed by atoms with Crippen LogP contribution in [0.5, 0.6) is 5.75 Å². The number of pyridine rings is 1. The first kappa shape index (κ1) is 18.1. The van der Waals surface area contributed by atoms with E-state index in [9.17, 15) is 14.7 Å². The minimum absolute atomic E-state index is 0.249. The van der Waals surface area contributed by atoms with Crippen molar-refractivity contribution in [2.75, 3.05) is 19.8 Å². The number of allylic oxidation sites excluding steroid dienone is 5. The van der Waals surface area contributed by atoms with Crippen molar-refractivity contribution in [3.63, 3.8) is 0 Å². The second kappa shape index (κ2) is 8.53. The van der Waals surface area contributed by atoms with E-state index < -0.39 is 18.4 Å². The zero-order chi connectivity index (χ0) is 18.2. The van der Waals surface area contributed by atoms with Crippen LogP contribution in [-0.4, -0.2) is 46.8 Å². The number of hydrogen-bond acceptors (Lipinski definition) is 6. The summed E-state index contributed by atoms with van der Waals surface area (Å²) in [6, 6.07) is 1.37. The predicted molar refractivity (Wildman–Crippen MR) is 88.6 cm³/mol. The van der Waals surface area contributed by atoms with E-state index in [0.29, 0.717) is 30.1 Å². The molecule has 1 aliphatic heterocycles. The van der Waals surface area contributed by atoms with E-state index in [2.05, 4.69) is 10.3 Å². The van der Waals surface area contributed by atoms with Crippen LogP contribution in [0, 0.1) is 0 Å². The number of carbonyl (C=O) groups excluding carboxylic acids is 1. The van der Waals surface area contributed by atoms with E-state index in [-0.39, 0.29) is 11.4 Å². The highest BCUT2D eigenvalue weighted by Crippen LogP contribution is 2.24. The normalized spacial score (nSPS) is 19.9. The highest BCUT2D eigenvalue weighted by Gasteiger charge is 2.15. The van der Waals surface area contributed by atoms with Gasteiger partial charge >= 0.3 is 5.97 Å². The van der Waals surface area contributed by atoms with Gasteiger partial charge in [0.1, 0.15) is 25.5 Å². The maximum Gasteiger partial charge on any atom is 0.322 e. The Bertz CT molecular complexity index is 752. The average molecular weight is 346 g/mol. The molecule has 0 saturated heterocycles. The van der Waals surface area contributed by atoms with Crippen LogP contribution in [0.15, 0.2) is 42.5 Å². The lowest BCUT2D eigenvalue weighted by atomic mass is 10.1.